The Kier molecular flexibility index (Phi) is 6.43. The minimum absolute atomic E-state index is 0.338. The average Bonchev–Trinajstić information content (AvgIpc) is 3.43. The summed E-state index contributed by atoms with van der Waals surface area (Å²) >= 11 is 0. The van der Waals surface area contributed by atoms with Gasteiger partial charge in [0.15, 0.2) is 0 Å². The molecule has 2 aliphatic rings. The van der Waals surface area contributed by atoms with E-state index >= 15 is 0 Å². The van der Waals surface area contributed by atoms with Crippen molar-refractivity contribution in [3.63, 3.8) is 0 Å². The molecule has 4 heterocycles. The topological polar surface area (TPSA) is 69.0 Å². The summed E-state index contributed by atoms with van der Waals surface area (Å²) in [6.45, 7) is 16.7. The molecule has 0 saturated carbocycles. The van der Waals surface area contributed by atoms with Crippen LogP contribution >= 0.6 is 0 Å². The van der Waals surface area contributed by atoms with Crippen LogP contribution in [0.5, 0.6) is 0 Å². The fourth-order valence-corrected chi connectivity index (χ4v) is 6.48. The van der Waals surface area contributed by atoms with E-state index in [-0.39, 0.29) is 11.1 Å². The lowest BCUT2D eigenvalue weighted by Gasteiger charge is -2.30. The van der Waals surface area contributed by atoms with Crippen LogP contribution in [0, 0.1) is 0 Å². The van der Waals surface area contributed by atoms with Gasteiger partial charge in [-0.1, -0.05) is 60.7 Å². The van der Waals surface area contributed by atoms with Crippen LogP contribution < -0.4 is 0 Å². The van der Waals surface area contributed by atoms with Gasteiger partial charge in [0, 0.05) is 11.1 Å². The van der Waals surface area contributed by atoms with Gasteiger partial charge in [-0.25, -0.2) is 20.0 Å². The van der Waals surface area contributed by atoms with Gasteiger partial charge in [-0.3, -0.25) is 0 Å². The summed E-state index contributed by atoms with van der Waals surface area (Å²) in [5.41, 5.74) is 3.87. The third-order valence-electron chi connectivity index (χ3n) is 10.8. The van der Waals surface area contributed by atoms with Gasteiger partial charge in [-0.05, 0) is 124 Å². The van der Waals surface area contributed by atoms with Crippen LogP contribution in [0.1, 0.15) is 66.8 Å². The first-order chi connectivity index (χ1) is 22.7. The van der Waals surface area contributed by atoms with Crippen molar-refractivity contribution < 1.29 is 9.47 Å². The van der Waals surface area contributed by atoms with Crippen LogP contribution in [0.25, 0.3) is 54.8 Å². The standard InChI is InChI=1S/C42H40N4O2/c1-39(2)41(5,6)47-37(45-39)35-17-11-15-33(43-35)25-19-21-29-30-22-20-26(24-32(30)28-14-10-9-13-27(28)31(29)23-25)34-16-12-18-36(44-34)38-46-40(3,4)42(7,8)48-38/h9-24H,1-8H3. The molecule has 0 spiro atoms. The van der Waals surface area contributed by atoms with E-state index in [0.29, 0.717) is 11.8 Å². The van der Waals surface area contributed by atoms with Gasteiger partial charge in [-0.2, -0.15) is 0 Å². The van der Waals surface area contributed by atoms with Gasteiger partial charge in [-0.15, -0.1) is 0 Å². The van der Waals surface area contributed by atoms with Crippen LogP contribution in [-0.4, -0.2) is 44.0 Å². The Morgan fingerprint density at radius 2 is 0.771 bits per heavy atom. The molecule has 2 aliphatic heterocycles. The highest BCUT2D eigenvalue weighted by molar-refractivity contribution is 6.26. The van der Waals surface area contributed by atoms with Crippen LogP contribution in [0.2, 0.25) is 0 Å². The van der Waals surface area contributed by atoms with E-state index in [1.807, 2.05) is 24.3 Å². The van der Waals surface area contributed by atoms with Crippen LogP contribution in [0.3, 0.4) is 0 Å². The van der Waals surface area contributed by atoms with Crippen molar-refractivity contribution in [2.24, 2.45) is 9.98 Å². The summed E-state index contributed by atoms with van der Waals surface area (Å²) in [6, 6.07) is 34.1. The monoisotopic (exact) mass is 632 g/mol. The highest BCUT2D eigenvalue weighted by Gasteiger charge is 2.47. The number of fused-ring (bicyclic) bond motifs is 6. The highest BCUT2D eigenvalue weighted by Crippen LogP contribution is 2.40. The van der Waals surface area contributed by atoms with Crippen molar-refractivity contribution in [2.45, 2.75) is 77.7 Å². The molecule has 6 heteroatoms. The predicted octanol–water partition coefficient (Wildman–Crippen LogP) is 9.94. The zero-order valence-corrected chi connectivity index (χ0v) is 28.8. The highest BCUT2D eigenvalue weighted by atomic mass is 16.5. The quantitative estimate of drug-likeness (QED) is 0.181. The predicted molar refractivity (Wildman–Crippen MR) is 197 cm³/mol. The van der Waals surface area contributed by atoms with Crippen LogP contribution in [0.15, 0.2) is 107 Å². The summed E-state index contributed by atoms with van der Waals surface area (Å²) in [5.74, 6) is 1.19. The molecule has 0 aliphatic carbocycles. The first kappa shape index (κ1) is 30.2. The first-order valence-electron chi connectivity index (χ1n) is 16.6. The number of aromatic nitrogens is 2. The molecule has 0 amide bonds. The van der Waals surface area contributed by atoms with Crippen molar-refractivity contribution in [1.29, 1.82) is 0 Å². The van der Waals surface area contributed by atoms with Crippen LogP contribution in [0.4, 0.5) is 0 Å². The van der Waals surface area contributed by atoms with Crippen LogP contribution in [-0.2, 0) is 9.47 Å². The van der Waals surface area contributed by atoms with E-state index in [0.717, 1.165) is 33.9 Å². The molecule has 6 nitrogen and oxygen atoms in total. The first-order valence-corrected chi connectivity index (χ1v) is 16.6. The molecule has 8 rings (SSSR count). The number of ether oxygens (including phenoxy) is 2. The normalized spacial score (nSPS) is 18.8. The second kappa shape index (κ2) is 10.2. The molecule has 0 atom stereocenters. The molecule has 4 aromatic carbocycles. The molecule has 0 bridgehead atoms. The lowest BCUT2D eigenvalue weighted by atomic mass is 9.87. The molecule has 0 radical (unpaired) electrons. The fraction of sp³-hybridized carbons (Fsp3) is 0.286. The molecule has 6 aromatic rings. The van der Waals surface area contributed by atoms with E-state index < -0.39 is 11.2 Å². The Bertz CT molecular complexity index is 2180. The van der Waals surface area contributed by atoms with Crippen molar-refractivity contribution >= 4 is 44.1 Å². The summed E-state index contributed by atoms with van der Waals surface area (Å²) < 4.78 is 12.6. The Hall–Kier alpha value is -5.10. The molecular formula is C42H40N4O2. The summed E-state index contributed by atoms with van der Waals surface area (Å²) in [4.78, 5) is 19.8. The van der Waals surface area contributed by atoms with Crippen molar-refractivity contribution in [3.8, 4) is 22.5 Å². The minimum atomic E-state index is -0.408. The SMILES string of the molecule is CC1(C)N=C(c2cccc(-c3ccc4c5ccc(-c6cccc(C7=NC(C)(C)C(C)(C)O7)n6)cc5c5ccccc5c4c3)n2)OC1(C)C. The maximum Gasteiger partial charge on any atom is 0.236 e. The number of nitrogens with zero attached hydrogens (tertiary/aromatic N) is 4. The zero-order valence-electron chi connectivity index (χ0n) is 28.8. The number of hydrogen-bond donors (Lipinski definition) is 0. The molecular weight excluding hydrogens is 592 g/mol. The molecule has 0 saturated heterocycles. The second-order valence-corrected chi connectivity index (χ2v) is 15.1. The lowest BCUT2D eigenvalue weighted by molar-refractivity contribution is 0.0616. The van der Waals surface area contributed by atoms with E-state index in [9.17, 15) is 0 Å². The number of aliphatic imine (C=N–C) groups is 2. The van der Waals surface area contributed by atoms with Gasteiger partial charge in [0.1, 0.15) is 22.6 Å². The van der Waals surface area contributed by atoms with E-state index in [1.54, 1.807) is 0 Å². The minimum Gasteiger partial charge on any atom is -0.468 e. The Morgan fingerprint density at radius 3 is 1.15 bits per heavy atom. The van der Waals surface area contributed by atoms with E-state index in [2.05, 4.69) is 128 Å². The number of benzene rings is 4. The lowest BCUT2D eigenvalue weighted by Crippen LogP contribution is -2.41. The molecule has 2 aromatic heterocycles. The maximum absolute atomic E-state index is 6.28. The Labute approximate surface area is 281 Å². The van der Waals surface area contributed by atoms with Gasteiger partial charge in [0.25, 0.3) is 0 Å². The molecule has 0 unspecified atom stereocenters. The van der Waals surface area contributed by atoms with E-state index in [4.69, 9.17) is 29.4 Å². The Balaban J connectivity index is 1.22. The smallest absolute Gasteiger partial charge is 0.236 e. The number of hydrogen-bond acceptors (Lipinski definition) is 6. The van der Waals surface area contributed by atoms with Crippen molar-refractivity contribution in [1.82, 2.24) is 9.97 Å². The van der Waals surface area contributed by atoms with Gasteiger partial charge < -0.3 is 9.47 Å². The molecule has 0 N–H and O–H groups in total. The fourth-order valence-electron chi connectivity index (χ4n) is 6.48. The van der Waals surface area contributed by atoms with Gasteiger partial charge >= 0.3 is 0 Å². The largest absolute Gasteiger partial charge is 0.468 e. The third-order valence-corrected chi connectivity index (χ3v) is 10.8. The Morgan fingerprint density at radius 1 is 0.396 bits per heavy atom. The number of rotatable bonds is 4. The summed E-state index contributed by atoms with van der Waals surface area (Å²) in [6.07, 6.45) is 0. The van der Waals surface area contributed by atoms with Gasteiger partial charge in [0.2, 0.25) is 11.8 Å². The molecule has 0 fully saturated rings. The van der Waals surface area contributed by atoms with Crippen molar-refractivity contribution in [2.75, 3.05) is 0 Å². The second-order valence-electron chi connectivity index (χ2n) is 15.1. The van der Waals surface area contributed by atoms with E-state index in [1.165, 1.54) is 32.3 Å². The zero-order chi connectivity index (χ0) is 33.6. The third kappa shape index (κ3) is 4.68. The maximum atomic E-state index is 6.28. The summed E-state index contributed by atoms with van der Waals surface area (Å²) in [5, 5.41) is 7.16. The molecule has 48 heavy (non-hydrogen) atoms. The van der Waals surface area contributed by atoms with Gasteiger partial charge in [0.05, 0.1) is 22.5 Å². The average molecular weight is 633 g/mol. The van der Waals surface area contributed by atoms with Crippen molar-refractivity contribution in [3.05, 3.63) is 108 Å². The number of pyridine rings is 2. The summed E-state index contributed by atoms with van der Waals surface area (Å²) in [7, 11) is 0. The molecule has 240 valence electrons.